The van der Waals surface area contributed by atoms with E-state index in [1.807, 2.05) is 18.7 Å². The molecule has 0 unspecified atom stereocenters. The number of hydrogen-bond donors (Lipinski definition) is 1. The van der Waals surface area contributed by atoms with Crippen molar-refractivity contribution in [1.82, 2.24) is 25.0 Å². The average molecular weight is 209 g/mol. The van der Waals surface area contributed by atoms with E-state index >= 15 is 0 Å². The fraction of sp³-hybridized carbons (Fsp3) is 0.800. The summed E-state index contributed by atoms with van der Waals surface area (Å²) in [5.74, 6) is 1.96. The molecule has 0 spiro atoms. The molecule has 1 N–H and O–H groups in total. The van der Waals surface area contributed by atoms with Gasteiger partial charge in [0.15, 0.2) is 5.82 Å². The van der Waals surface area contributed by atoms with Gasteiger partial charge in [0.05, 0.1) is 0 Å². The first kappa shape index (κ1) is 10.6. The first-order chi connectivity index (χ1) is 7.25. The summed E-state index contributed by atoms with van der Waals surface area (Å²) in [7, 11) is 1.94. The Bertz CT molecular complexity index is 294. The lowest BCUT2D eigenvalue weighted by atomic mass is 10.3. The van der Waals surface area contributed by atoms with Crippen LogP contribution in [0.3, 0.4) is 0 Å². The predicted molar refractivity (Wildman–Crippen MR) is 58.8 cm³/mol. The van der Waals surface area contributed by atoms with Crippen molar-refractivity contribution in [3.63, 3.8) is 0 Å². The molecule has 1 aliphatic heterocycles. The van der Waals surface area contributed by atoms with E-state index in [0.29, 0.717) is 0 Å². The molecule has 2 rings (SSSR count). The van der Waals surface area contributed by atoms with Crippen molar-refractivity contribution in [3.8, 4) is 0 Å². The SMILES string of the molecule is Cc1nc(CCN2CCNCC2)nn1C. The van der Waals surface area contributed by atoms with Gasteiger partial charge >= 0.3 is 0 Å². The maximum Gasteiger partial charge on any atom is 0.152 e. The van der Waals surface area contributed by atoms with Crippen LogP contribution in [-0.4, -0.2) is 52.4 Å². The predicted octanol–water partition coefficient (Wildman–Crippen LogP) is -0.429. The average Bonchev–Trinajstić information content (AvgIpc) is 2.57. The zero-order valence-electron chi connectivity index (χ0n) is 9.53. The minimum Gasteiger partial charge on any atom is -0.314 e. The van der Waals surface area contributed by atoms with Gasteiger partial charge in [0.2, 0.25) is 0 Å². The summed E-state index contributed by atoms with van der Waals surface area (Å²) in [6.45, 7) is 7.56. The minimum absolute atomic E-state index is 0.960. The molecule has 1 fully saturated rings. The van der Waals surface area contributed by atoms with Gasteiger partial charge in [-0.1, -0.05) is 0 Å². The molecule has 1 aliphatic rings. The minimum atomic E-state index is 0.960. The van der Waals surface area contributed by atoms with Crippen molar-refractivity contribution in [2.75, 3.05) is 32.7 Å². The van der Waals surface area contributed by atoms with E-state index in [-0.39, 0.29) is 0 Å². The first-order valence-corrected chi connectivity index (χ1v) is 5.55. The Hall–Kier alpha value is -0.940. The lowest BCUT2D eigenvalue weighted by Crippen LogP contribution is -2.44. The third-order valence-electron chi connectivity index (χ3n) is 2.89. The Morgan fingerprint density at radius 1 is 1.33 bits per heavy atom. The van der Waals surface area contributed by atoms with Crippen LogP contribution < -0.4 is 5.32 Å². The molecule has 2 heterocycles. The largest absolute Gasteiger partial charge is 0.314 e. The second-order valence-corrected chi connectivity index (χ2v) is 4.04. The second-order valence-electron chi connectivity index (χ2n) is 4.04. The number of piperazine rings is 1. The van der Waals surface area contributed by atoms with Crippen LogP contribution in [0.15, 0.2) is 0 Å². The number of aromatic nitrogens is 3. The van der Waals surface area contributed by atoms with Crippen molar-refractivity contribution >= 4 is 0 Å². The van der Waals surface area contributed by atoms with Crippen LogP contribution in [0.2, 0.25) is 0 Å². The molecule has 0 amide bonds. The number of nitrogens with zero attached hydrogens (tertiary/aromatic N) is 4. The standard InChI is InChI=1S/C10H19N5/c1-9-12-10(13-14(9)2)3-6-15-7-4-11-5-8-15/h11H,3-8H2,1-2H3. The van der Waals surface area contributed by atoms with E-state index in [2.05, 4.69) is 20.3 Å². The molecule has 1 aromatic rings. The van der Waals surface area contributed by atoms with E-state index < -0.39 is 0 Å². The molecule has 1 saturated heterocycles. The molecule has 0 aromatic carbocycles. The van der Waals surface area contributed by atoms with Gasteiger partial charge in [-0.05, 0) is 6.92 Å². The van der Waals surface area contributed by atoms with Gasteiger partial charge < -0.3 is 10.2 Å². The monoisotopic (exact) mass is 209 g/mol. The Kier molecular flexibility index (Phi) is 3.33. The Balaban J connectivity index is 1.81. The molecule has 0 radical (unpaired) electrons. The van der Waals surface area contributed by atoms with Crippen LogP contribution in [0.4, 0.5) is 0 Å². The highest BCUT2D eigenvalue weighted by atomic mass is 15.3. The topological polar surface area (TPSA) is 46.0 Å². The Morgan fingerprint density at radius 3 is 2.67 bits per heavy atom. The van der Waals surface area contributed by atoms with Gasteiger partial charge in [0.25, 0.3) is 0 Å². The number of aryl methyl sites for hydroxylation is 2. The van der Waals surface area contributed by atoms with E-state index in [4.69, 9.17) is 0 Å². The third-order valence-corrected chi connectivity index (χ3v) is 2.89. The summed E-state index contributed by atoms with van der Waals surface area (Å²) in [6, 6.07) is 0. The van der Waals surface area contributed by atoms with Crippen molar-refractivity contribution in [1.29, 1.82) is 0 Å². The third kappa shape index (κ3) is 2.76. The molecule has 5 nitrogen and oxygen atoms in total. The molecule has 1 aromatic heterocycles. The summed E-state index contributed by atoms with van der Waals surface area (Å²) in [6.07, 6.45) is 0.960. The number of hydrogen-bond acceptors (Lipinski definition) is 4. The molecule has 84 valence electrons. The molecule has 0 aliphatic carbocycles. The van der Waals surface area contributed by atoms with Crippen LogP contribution in [0.25, 0.3) is 0 Å². The fourth-order valence-corrected chi connectivity index (χ4v) is 1.83. The van der Waals surface area contributed by atoms with Crippen molar-refractivity contribution in [2.45, 2.75) is 13.3 Å². The van der Waals surface area contributed by atoms with Gasteiger partial charge in [-0.15, -0.1) is 0 Å². The molecule has 0 saturated carbocycles. The maximum atomic E-state index is 4.40. The van der Waals surface area contributed by atoms with Crippen LogP contribution in [0, 0.1) is 6.92 Å². The molecular formula is C10H19N5. The number of nitrogens with one attached hydrogen (secondary N) is 1. The van der Waals surface area contributed by atoms with Gasteiger partial charge in [-0.2, -0.15) is 5.10 Å². The Morgan fingerprint density at radius 2 is 2.07 bits per heavy atom. The smallest absolute Gasteiger partial charge is 0.152 e. The summed E-state index contributed by atoms with van der Waals surface area (Å²) in [5, 5.41) is 7.71. The summed E-state index contributed by atoms with van der Waals surface area (Å²) >= 11 is 0. The van der Waals surface area contributed by atoms with Crippen LogP contribution in [0.1, 0.15) is 11.6 Å². The molecule has 5 heteroatoms. The zero-order chi connectivity index (χ0) is 10.7. The summed E-state index contributed by atoms with van der Waals surface area (Å²) in [5.41, 5.74) is 0. The van der Waals surface area contributed by atoms with Crippen LogP contribution >= 0.6 is 0 Å². The number of rotatable bonds is 3. The highest BCUT2D eigenvalue weighted by Crippen LogP contribution is 1.99. The van der Waals surface area contributed by atoms with E-state index in [9.17, 15) is 0 Å². The lowest BCUT2D eigenvalue weighted by molar-refractivity contribution is 0.242. The molecule has 0 bridgehead atoms. The van der Waals surface area contributed by atoms with Crippen LogP contribution in [-0.2, 0) is 13.5 Å². The Labute approximate surface area is 90.5 Å². The lowest BCUT2D eigenvalue weighted by Gasteiger charge is -2.26. The van der Waals surface area contributed by atoms with Gasteiger partial charge in [0, 0.05) is 46.2 Å². The van der Waals surface area contributed by atoms with Gasteiger partial charge in [0.1, 0.15) is 5.82 Å². The quantitative estimate of drug-likeness (QED) is 0.734. The summed E-state index contributed by atoms with van der Waals surface area (Å²) in [4.78, 5) is 6.86. The van der Waals surface area contributed by atoms with Crippen molar-refractivity contribution in [3.05, 3.63) is 11.6 Å². The second kappa shape index (κ2) is 4.72. The fourth-order valence-electron chi connectivity index (χ4n) is 1.83. The molecule has 0 atom stereocenters. The normalized spacial score (nSPS) is 18.3. The highest BCUT2D eigenvalue weighted by molar-refractivity contribution is 4.90. The van der Waals surface area contributed by atoms with Crippen LogP contribution in [0.5, 0.6) is 0 Å². The molecular weight excluding hydrogens is 190 g/mol. The first-order valence-electron chi connectivity index (χ1n) is 5.55. The van der Waals surface area contributed by atoms with Gasteiger partial charge in [-0.25, -0.2) is 4.98 Å². The summed E-state index contributed by atoms with van der Waals surface area (Å²) < 4.78 is 1.84. The van der Waals surface area contributed by atoms with Crippen molar-refractivity contribution < 1.29 is 0 Å². The van der Waals surface area contributed by atoms with E-state index in [1.54, 1.807) is 0 Å². The maximum absolute atomic E-state index is 4.40. The van der Waals surface area contributed by atoms with E-state index in [0.717, 1.165) is 50.8 Å². The zero-order valence-corrected chi connectivity index (χ0v) is 9.53. The van der Waals surface area contributed by atoms with Crippen molar-refractivity contribution in [2.24, 2.45) is 7.05 Å². The van der Waals surface area contributed by atoms with E-state index in [1.165, 1.54) is 0 Å². The highest BCUT2D eigenvalue weighted by Gasteiger charge is 2.10. The molecule has 15 heavy (non-hydrogen) atoms. The van der Waals surface area contributed by atoms with Gasteiger partial charge in [-0.3, -0.25) is 4.68 Å².